The summed E-state index contributed by atoms with van der Waals surface area (Å²) in [5.41, 5.74) is 0. The molecule has 1 aliphatic rings. The molecule has 0 radical (unpaired) electrons. The van der Waals surface area contributed by atoms with E-state index in [1.807, 2.05) is 0 Å². The van der Waals surface area contributed by atoms with E-state index in [-0.39, 0.29) is 17.1 Å². The minimum atomic E-state index is -0.554. The maximum Gasteiger partial charge on any atom is 0.224 e. The summed E-state index contributed by atoms with van der Waals surface area (Å²) in [4.78, 5) is 7.29. The van der Waals surface area contributed by atoms with Gasteiger partial charge in [-0.15, -0.1) is 0 Å². The smallest absolute Gasteiger partial charge is 0.224 e. The van der Waals surface area contributed by atoms with Crippen molar-refractivity contribution in [2.24, 2.45) is 0 Å². The van der Waals surface area contributed by atoms with Crippen molar-refractivity contribution in [3.63, 3.8) is 0 Å². The average Bonchev–Trinajstić information content (AvgIpc) is 2.27. The molecule has 1 aromatic heterocycles. The number of rotatable bonds is 2. The third-order valence-electron chi connectivity index (χ3n) is 2.77. The average molecular weight is 246 g/mol. The van der Waals surface area contributed by atoms with Crippen LogP contribution in [-0.2, 0) is 0 Å². The lowest BCUT2D eigenvalue weighted by Crippen LogP contribution is -2.36. The van der Waals surface area contributed by atoms with Crippen LogP contribution in [0.25, 0.3) is 0 Å². The summed E-state index contributed by atoms with van der Waals surface area (Å²) in [6.07, 6.45) is 4.14. The SMILES string of the molecule is OC1CCCCC1Nc1nc(Cl)ncc1F. The lowest BCUT2D eigenvalue weighted by atomic mass is 9.92. The molecule has 1 aromatic rings. The number of hydrogen-bond donors (Lipinski definition) is 2. The molecule has 2 unspecified atom stereocenters. The maximum absolute atomic E-state index is 13.3. The number of nitrogens with zero attached hydrogens (tertiary/aromatic N) is 2. The van der Waals surface area contributed by atoms with Crippen molar-refractivity contribution in [2.45, 2.75) is 37.8 Å². The van der Waals surface area contributed by atoms with Crippen LogP contribution < -0.4 is 5.32 Å². The molecule has 6 heteroatoms. The van der Waals surface area contributed by atoms with Gasteiger partial charge in [-0.2, -0.15) is 4.98 Å². The largest absolute Gasteiger partial charge is 0.391 e. The van der Waals surface area contributed by atoms with Gasteiger partial charge in [-0.25, -0.2) is 9.37 Å². The van der Waals surface area contributed by atoms with Crippen molar-refractivity contribution in [2.75, 3.05) is 5.32 Å². The van der Waals surface area contributed by atoms with Gasteiger partial charge in [0.25, 0.3) is 0 Å². The Morgan fingerprint density at radius 3 is 2.94 bits per heavy atom. The van der Waals surface area contributed by atoms with Crippen LogP contribution in [0.15, 0.2) is 6.20 Å². The van der Waals surface area contributed by atoms with Gasteiger partial charge in [0.05, 0.1) is 18.3 Å². The highest BCUT2D eigenvalue weighted by atomic mass is 35.5. The molecule has 1 aliphatic carbocycles. The Morgan fingerprint density at radius 2 is 2.19 bits per heavy atom. The van der Waals surface area contributed by atoms with E-state index in [0.29, 0.717) is 0 Å². The Morgan fingerprint density at radius 1 is 1.44 bits per heavy atom. The molecule has 1 fully saturated rings. The van der Waals surface area contributed by atoms with Gasteiger partial charge in [-0.05, 0) is 24.4 Å². The normalized spacial score (nSPS) is 25.4. The van der Waals surface area contributed by atoms with E-state index in [9.17, 15) is 9.50 Å². The fourth-order valence-electron chi connectivity index (χ4n) is 1.90. The molecule has 0 saturated heterocycles. The van der Waals surface area contributed by atoms with Crippen LogP contribution in [0.5, 0.6) is 0 Å². The van der Waals surface area contributed by atoms with Crippen LogP contribution in [-0.4, -0.2) is 27.2 Å². The highest BCUT2D eigenvalue weighted by Gasteiger charge is 2.24. The zero-order chi connectivity index (χ0) is 11.5. The van der Waals surface area contributed by atoms with E-state index in [4.69, 9.17) is 11.6 Å². The lowest BCUT2D eigenvalue weighted by molar-refractivity contribution is 0.116. The molecule has 1 heterocycles. The number of nitrogens with one attached hydrogen (secondary N) is 1. The van der Waals surface area contributed by atoms with Gasteiger partial charge in [0, 0.05) is 0 Å². The molecule has 2 rings (SSSR count). The first-order valence-electron chi connectivity index (χ1n) is 5.29. The van der Waals surface area contributed by atoms with Gasteiger partial charge < -0.3 is 10.4 Å². The van der Waals surface area contributed by atoms with Crippen molar-refractivity contribution < 1.29 is 9.50 Å². The summed E-state index contributed by atoms with van der Waals surface area (Å²) in [6.45, 7) is 0. The number of aliphatic hydroxyl groups is 1. The van der Waals surface area contributed by atoms with Crippen LogP contribution in [0.2, 0.25) is 5.28 Å². The molecule has 0 bridgehead atoms. The molecule has 0 amide bonds. The summed E-state index contributed by atoms with van der Waals surface area (Å²) < 4.78 is 13.3. The number of anilines is 1. The van der Waals surface area contributed by atoms with Crippen molar-refractivity contribution in [3.8, 4) is 0 Å². The monoisotopic (exact) mass is 245 g/mol. The Labute approximate surface area is 97.9 Å². The molecule has 4 nitrogen and oxygen atoms in total. The van der Waals surface area contributed by atoms with E-state index in [1.54, 1.807) is 0 Å². The molecule has 0 aliphatic heterocycles. The Hall–Kier alpha value is -0.940. The van der Waals surface area contributed by atoms with E-state index in [1.165, 1.54) is 0 Å². The van der Waals surface area contributed by atoms with Crippen LogP contribution in [0.4, 0.5) is 10.2 Å². The zero-order valence-corrected chi connectivity index (χ0v) is 9.41. The predicted octanol–water partition coefficient (Wildman–Crippen LogP) is 1.98. The molecular formula is C10H13ClFN3O. The second kappa shape index (κ2) is 4.93. The maximum atomic E-state index is 13.3. The summed E-state index contributed by atoms with van der Waals surface area (Å²) in [6, 6.07) is -0.158. The number of hydrogen-bond acceptors (Lipinski definition) is 4. The van der Waals surface area contributed by atoms with Crippen molar-refractivity contribution in [1.82, 2.24) is 9.97 Å². The predicted molar refractivity (Wildman–Crippen MR) is 58.9 cm³/mol. The van der Waals surface area contributed by atoms with E-state index in [2.05, 4.69) is 15.3 Å². The Balaban J connectivity index is 2.10. The highest BCUT2D eigenvalue weighted by molar-refractivity contribution is 6.28. The molecule has 2 N–H and O–H groups in total. The first-order chi connectivity index (χ1) is 7.66. The fourth-order valence-corrected chi connectivity index (χ4v) is 2.04. The molecule has 1 saturated carbocycles. The molecule has 16 heavy (non-hydrogen) atoms. The number of halogens is 2. The topological polar surface area (TPSA) is 58.0 Å². The van der Waals surface area contributed by atoms with E-state index < -0.39 is 11.9 Å². The molecule has 0 aromatic carbocycles. The first-order valence-corrected chi connectivity index (χ1v) is 5.67. The van der Waals surface area contributed by atoms with Crippen molar-refractivity contribution in [1.29, 1.82) is 0 Å². The third-order valence-corrected chi connectivity index (χ3v) is 2.95. The van der Waals surface area contributed by atoms with Gasteiger partial charge >= 0.3 is 0 Å². The second-order valence-electron chi connectivity index (χ2n) is 3.94. The van der Waals surface area contributed by atoms with E-state index >= 15 is 0 Å². The van der Waals surface area contributed by atoms with Gasteiger partial charge in [-0.1, -0.05) is 12.8 Å². The van der Waals surface area contributed by atoms with Crippen LogP contribution in [0.1, 0.15) is 25.7 Å². The summed E-state index contributed by atoms with van der Waals surface area (Å²) in [7, 11) is 0. The van der Waals surface area contributed by atoms with Gasteiger partial charge in [0.15, 0.2) is 11.6 Å². The first kappa shape index (κ1) is 11.5. The Kier molecular flexibility index (Phi) is 3.56. The van der Waals surface area contributed by atoms with Crippen molar-refractivity contribution in [3.05, 3.63) is 17.3 Å². The van der Waals surface area contributed by atoms with Gasteiger partial charge in [0.2, 0.25) is 5.28 Å². The molecule has 2 atom stereocenters. The van der Waals surface area contributed by atoms with Crippen molar-refractivity contribution >= 4 is 17.4 Å². The third kappa shape index (κ3) is 2.59. The van der Waals surface area contributed by atoms with Crippen LogP contribution in [0, 0.1) is 5.82 Å². The quantitative estimate of drug-likeness (QED) is 0.783. The number of aliphatic hydroxyl groups excluding tert-OH is 1. The molecule has 88 valence electrons. The molecule has 0 spiro atoms. The fraction of sp³-hybridized carbons (Fsp3) is 0.600. The van der Waals surface area contributed by atoms with Gasteiger partial charge in [-0.3, -0.25) is 0 Å². The standard InChI is InChI=1S/C10H13ClFN3O/c11-10-13-5-6(12)9(15-10)14-7-3-1-2-4-8(7)16/h5,7-8,16H,1-4H2,(H,13,14,15). The minimum absolute atomic E-state index is 0.00537. The highest BCUT2D eigenvalue weighted by Crippen LogP contribution is 2.22. The Bertz CT molecular complexity index is 377. The van der Waals surface area contributed by atoms with Crippen LogP contribution >= 0.6 is 11.6 Å². The van der Waals surface area contributed by atoms with Crippen LogP contribution in [0.3, 0.4) is 0 Å². The summed E-state index contributed by atoms with van der Waals surface area (Å²) in [5, 5.41) is 12.6. The van der Waals surface area contributed by atoms with Gasteiger partial charge in [0.1, 0.15) is 0 Å². The second-order valence-corrected chi connectivity index (χ2v) is 4.28. The summed E-state index contributed by atoms with van der Waals surface area (Å²) in [5.74, 6) is -0.492. The summed E-state index contributed by atoms with van der Waals surface area (Å²) >= 11 is 5.58. The minimum Gasteiger partial charge on any atom is -0.391 e. The zero-order valence-electron chi connectivity index (χ0n) is 8.66. The van der Waals surface area contributed by atoms with E-state index in [0.717, 1.165) is 31.9 Å². The lowest BCUT2D eigenvalue weighted by Gasteiger charge is -2.28. The number of aromatic nitrogens is 2. The molecular weight excluding hydrogens is 233 g/mol.